The Morgan fingerprint density at radius 2 is 1.55 bits per heavy atom. The maximum Gasteiger partial charge on any atom is 0.416 e. The summed E-state index contributed by atoms with van der Waals surface area (Å²) >= 11 is 0. The fourth-order valence-electron chi connectivity index (χ4n) is 3.19. The number of methoxy groups -OCH3 is 2. The summed E-state index contributed by atoms with van der Waals surface area (Å²) in [5, 5.41) is 0. The van der Waals surface area contributed by atoms with E-state index in [0.717, 1.165) is 12.1 Å². The van der Waals surface area contributed by atoms with Gasteiger partial charge in [-0.2, -0.15) is 17.5 Å². The van der Waals surface area contributed by atoms with E-state index in [2.05, 4.69) is 0 Å². The molecule has 2 aromatic rings. The molecule has 1 fully saturated rings. The molecule has 0 atom stereocenters. The van der Waals surface area contributed by atoms with Gasteiger partial charge in [-0.05, 0) is 30.3 Å². The lowest BCUT2D eigenvalue weighted by atomic mass is 10.1. The van der Waals surface area contributed by atoms with Crippen LogP contribution in [0.25, 0.3) is 0 Å². The molecule has 0 bridgehead atoms. The van der Waals surface area contributed by atoms with Gasteiger partial charge in [-0.1, -0.05) is 6.07 Å². The minimum Gasteiger partial charge on any atom is -0.493 e. The molecule has 0 N–H and O–H groups in total. The van der Waals surface area contributed by atoms with Crippen LogP contribution in [0.15, 0.2) is 47.4 Å². The van der Waals surface area contributed by atoms with Crippen LogP contribution in [0.4, 0.5) is 18.9 Å². The molecule has 1 saturated heterocycles. The summed E-state index contributed by atoms with van der Waals surface area (Å²) in [5.74, 6) is 0.719. The van der Waals surface area contributed by atoms with Crippen LogP contribution < -0.4 is 14.4 Å². The van der Waals surface area contributed by atoms with Gasteiger partial charge >= 0.3 is 6.18 Å². The number of sulfonamides is 1. The summed E-state index contributed by atoms with van der Waals surface area (Å²) < 4.78 is 76.3. The van der Waals surface area contributed by atoms with E-state index in [-0.39, 0.29) is 31.1 Å². The molecule has 1 heterocycles. The van der Waals surface area contributed by atoms with Gasteiger partial charge < -0.3 is 14.4 Å². The number of nitrogens with zero attached hydrogens (tertiary/aromatic N) is 2. The van der Waals surface area contributed by atoms with E-state index in [1.54, 1.807) is 11.0 Å². The van der Waals surface area contributed by atoms with Crippen LogP contribution in [0.2, 0.25) is 0 Å². The number of hydrogen-bond acceptors (Lipinski definition) is 5. The highest BCUT2D eigenvalue weighted by atomic mass is 32.2. The van der Waals surface area contributed by atoms with E-state index in [1.807, 2.05) is 0 Å². The second kappa shape index (κ2) is 8.11. The number of halogens is 3. The molecule has 2 aromatic carbocycles. The van der Waals surface area contributed by atoms with Crippen molar-refractivity contribution in [2.45, 2.75) is 11.1 Å². The molecule has 0 spiro atoms. The second-order valence-electron chi connectivity index (χ2n) is 6.46. The normalized spacial score (nSPS) is 16.0. The summed E-state index contributed by atoms with van der Waals surface area (Å²) in [5.41, 5.74) is -0.307. The molecule has 0 aromatic heterocycles. The molecule has 0 amide bonds. The summed E-state index contributed by atoms with van der Waals surface area (Å²) in [7, 11) is -0.889. The highest BCUT2D eigenvalue weighted by Gasteiger charge is 2.32. The van der Waals surface area contributed by atoms with Crippen molar-refractivity contribution in [1.29, 1.82) is 0 Å². The average Bonchev–Trinajstić information content (AvgIpc) is 2.72. The first-order valence-electron chi connectivity index (χ1n) is 8.81. The maximum atomic E-state index is 12.9. The number of ether oxygens (including phenoxy) is 2. The van der Waals surface area contributed by atoms with Crippen molar-refractivity contribution in [3.8, 4) is 11.5 Å². The van der Waals surface area contributed by atoms with Crippen LogP contribution in [0.1, 0.15) is 5.56 Å². The van der Waals surface area contributed by atoms with Gasteiger partial charge in [-0.3, -0.25) is 0 Å². The number of piperazine rings is 1. The summed E-state index contributed by atoms with van der Waals surface area (Å²) in [6, 6.07) is 9.40. The summed E-state index contributed by atoms with van der Waals surface area (Å²) in [6.07, 6.45) is -4.42. The van der Waals surface area contributed by atoms with Crippen LogP contribution in [-0.2, 0) is 16.2 Å². The van der Waals surface area contributed by atoms with Crippen molar-refractivity contribution in [3.05, 3.63) is 48.0 Å². The van der Waals surface area contributed by atoms with E-state index in [9.17, 15) is 21.6 Å². The van der Waals surface area contributed by atoms with Crippen molar-refractivity contribution in [2.24, 2.45) is 0 Å². The van der Waals surface area contributed by atoms with Gasteiger partial charge in [0, 0.05) is 37.9 Å². The third kappa shape index (κ3) is 4.43. The highest BCUT2D eigenvalue weighted by molar-refractivity contribution is 7.89. The van der Waals surface area contributed by atoms with Crippen LogP contribution in [0.5, 0.6) is 11.5 Å². The Hall–Kier alpha value is -2.46. The molecule has 3 rings (SSSR count). The molecule has 1 aliphatic heterocycles. The van der Waals surface area contributed by atoms with Gasteiger partial charge in [-0.25, -0.2) is 8.42 Å². The van der Waals surface area contributed by atoms with Crippen LogP contribution in [0.3, 0.4) is 0 Å². The fraction of sp³-hybridized carbons (Fsp3) is 0.368. The molecule has 158 valence electrons. The van der Waals surface area contributed by atoms with E-state index in [4.69, 9.17) is 9.47 Å². The largest absolute Gasteiger partial charge is 0.493 e. The number of benzene rings is 2. The molecule has 10 heteroatoms. The summed E-state index contributed by atoms with van der Waals surface area (Å²) in [4.78, 5) is 1.82. The predicted molar refractivity (Wildman–Crippen MR) is 102 cm³/mol. The minimum atomic E-state index is -4.42. The molecular formula is C19H21F3N2O4S. The smallest absolute Gasteiger partial charge is 0.416 e. The molecule has 0 aliphatic carbocycles. The second-order valence-corrected chi connectivity index (χ2v) is 8.39. The van der Waals surface area contributed by atoms with Gasteiger partial charge in [-0.15, -0.1) is 0 Å². The molecule has 29 heavy (non-hydrogen) atoms. The number of anilines is 1. The lowest BCUT2D eigenvalue weighted by Crippen LogP contribution is -2.48. The zero-order valence-electron chi connectivity index (χ0n) is 15.9. The maximum absolute atomic E-state index is 12.9. The van der Waals surface area contributed by atoms with Crippen molar-refractivity contribution in [1.82, 2.24) is 4.31 Å². The minimum absolute atomic E-state index is 0.0719. The number of rotatable bonds is 5. The van der Waals surface area contributed by atoms with Crippen LogP contribution in [0, 0.1) is 0 Å². The Balaban J connectivity index is 1.75. The highest BCUT2D eigenvalue weighted by Crippen LogP contribution is 2.33. The molecule has 0 radical (unpaired) electrons. The lowest BCUT2D eigenvalue weighted by molar-refractivity contribution is -0.137. The Morgan fingerprint density at radius 3 is 2.14 bits per heavy atom. The van der Waals surface area contributed by atoms with E-state index >= 15 is 0 Å². The third-order valence-corrected chi connectivity index (χ3v) is 6.66. The predicted octanol–water partition coefficient (Wildman–Crippen LogP) is 3.23. The zero-order valence-corrected chi connectivity index (χ0v) is 16.8. The van der Waals surface area contributed by atoms with Crippen molar-refractivity contribution < 1.29 is 31.1 Å². The molecule has 6 nitrogen and oxygen atoms in total. The Labute approximate surface area is 167 Å². The standard InChI is InChI=1S/C19H21F3N2O4S/c1-27-17-7-6-16(13-18(17)28-2)29(25,26)24-10-8-23(9-11-24)15-5-3-4-14(12-15)19(20,21)22/h3-7,12-13H,8-11H2,1-2H3. The van der Waals surface area contributed by atoms with Gasteiger partial charge in [0.2, 0.25) is 10.0 Å². The Kier molecular flexibility index (Phi) is 5.95. The average molecular weight is 430 g/mol. The van der Waals surface area contributed by atoms with Gasteiger partial charge in [0.1, 0.15) is 0 Å². The molecule has 1 aliphatic rings. The summed E-state index contributed by atoms with van der Waals surface area (Å²) in [6.45, 7) is 0.890. The SMILES string of the molecule is COc1ccc(S(=O)(=O)N2CCN(c3cccc(C(F)(F)F)c3)CC2)cc1OC. The molecule has 0 saturated carbocycles. The van der Waals surface area contributed by atoms with Gasteiger partial charge in [0.25, 0.3) is 0 Å². The van der Waals surface area contributed by atoms with E-state index in [0.29, 0.717) is 17.2 Å². The number of alkyl halides is 3. The lowest BCUT2D eigenvalue weighted by Gasteiger charge is -2.35. The van der Waals surface area contributed by atoms with Crippen molar-refractivity contribution in [3.63, 3.8) is 0 Å². The molecule has 0 unspecified atom stereocenters. The topological polar surface area (TPSA) is 59.1 Å². The molecular weight excluding hydrogens is 409 g/mol. The van der Waals surface area contributed by atoms with Crippen LogP contribution >= 0.6 is 0 Å². The van der Waals surface area contributed by atoms with Gasteiger partial charge in [0.05, 0.1) is 24.7 Å². The Morgan fingerprint density at radius 1 is 0.897 bits per heavy atom. The monoisotopic (exact) mass is 430 g/mol. The van der Waals surface area contributed by atoms with Crippen molar-refractivity contribution >= 4 is 15.7 Å². The first-order chi connectivity index (χ1) is 13.7. The first kappa shape index (κ1) is 21.3. The quantitative estimate of drug-likeness (QED) is 0.729. The number of hydrogen-bond donors (Lipinski definition) is 0. The zero-order chi connectivity index (χ0) is 21.2. The Bertz CT molecular complexity index is 972. The third-order valence-electron chi connectivity index (χ3n) is 4.77. The van der Waals surface area contributed by atoms with Crippen molar-refractivity contribution in [2.75, 3.05) is 45.3 Å². The van der Waals surface area contributed by atoms with Crippen LogP contribution in [-0.4, -0.2) is 53.1 Å². The first-order valence-corrected chi connectivity index (χ1v) is 10.2. The van der Waals surface area contributed by atoms with E-state index in [1.165, 1.54) is 42.8 Å². The van der Waals surface area contributed by atoms with Gasteiger partial charge in [0.15, 0.2) is 11.5 Å². The fourth-order valence-corrected chi connectivity index (χ4v) is 4.63. The van der Waals surface area contributed by atoms with E-state index < -0.39 is 21.8 Å².